The number of halogens is 3. The number of likely N-dealkylation sites (N-methyl/N-ethyl adjacent to an activating group) is 2. The highest BCUT2D eigenvalue weighted by Gasteiger charge is 2.38. The van der Waals surface area contributed by atoms with Gasteiger partial charge in [0, 0.05) is 85.8 Å². The molecule has 0 N–H and O–H groups in total. The van der Waals surface area contributed by atoms with Gasteiger partial charge in [-0.2, -0.15) is 10.2 Å². The number of ether oxygens (including phenoxy) is 1. The van der Waals surface area contributed by atoms with E-state index in [0.717, 1.165) is 50.7 Å². The maximum Gasteiger partial charge on any atom is 0.166 e. The number of piperidine rings is 1. The molecule has 0 aliphatic carbocycles. The first-order valence-electron chi connectivity index (χ1n) is 23.0. The summed E-state index contributed by atoms with van der Waals surface area (Å²) in [4.78, 5) is 37.7. The molecule has 69 heavy (non-hydrogen) atoms. The monoisotopic (exact) mass is 946 g/mol. The third-order valence-electron chi connectivity index (χ3n) is 13.7. The second kappa shape index (κ2) is 18.4. The highest BCUT2D eigenvalue weighted by atomic mass is 35.5. The zero-order chi connectivity index (χ0) is 47.3. The van der Waals surface area contributed by atoms with Crippen LogP contribution in [-0.2, 0) is 0 Å². The Morgan fingerprint density at radius 2 is 1.25 bits per heavy atom. The summed E-state index contributed by atoms with van der Waals surface area (Å²) < 4.78 is 41.6. The van der Waals surface area contributed by atoms with Gasteiger partial charge in [-0.25, -0.2) is 48.0 Å². The number of nitrogens with zero attached hydrogens (tertiary/aromatic N) is 14. The van der Waals surface area contributed by atoms with Crippen LogP contribution in [0.2, 0.25) is 5.02 Å². The maximum absolute atomic E-state index is 16.4. The average Bonchev–Trinajstić information content (AvgIpc) is 4.12. The van der Waals surface area contributed by atoms with Gasteiger partial charge in [0.2, 0.25) is 0 Å². The summed E-state index contributed by atoms with van der Waals surface area (Å²) in [5.74, 6) is 2.11. The molecule has 0 spiro atoms. The van der Waals surface area contributed by atoms with Gasteiger partial charge in [0.05, 0.1) is 47.0 Å². The van der Waals surface area contributed by atoms with E-state index in [-0.39, 0.29) is 33.5 Å². The normalized spacial score (nSPS) is 18.3. The van der Waals surface area contributed by atoms with Crippen LogP contribution in [0.25, 0.3) is 68.1 Å². The van der Waals surface area contributed by atoms with Gasteiger partial charge in [-0.05, 0) is 113 Å². The maximum atomic E-state index is 16.4. The predicted octanol–water partition coefficient (Wildman–Crippen LogP) is 8.52. The van der Waals surface area contributed by atoms with Crippen LogP contribution in [0.15, 0.2) is 110 Å². The predicted molar refractivity (Wildman–Crippen MR) is 262 cm³/mol. The molecule has 3 unspecified atom stereocenters. The van der Waals surface area contributed by atoms with Gasteiger partial charge < -0.3 is 19.4 Å². The van der Waals surface area contributed by atoms with Crippen LogP contribution < -0.4 is 14.5 Å². The van der Waals surface area contributed by atoms with Crippen molar-refractivity contribution >= 4 is 23.2 Å². The van der Waals surface area contributed by atoms with E-state index < -0.39 is 11.6 Å². The summed E-state index contributed by atoms with van der Waals surface area (Å²) in [5.41, 5.74) is 3.11. The molecule has 0 amide bonds. The summed E-state index contributed by atoms with van der Waals surface area (Å²) >= 11 is 6.89. The number of hydrogen-bond acceptors (Lipinski definition) is 13. The number of hydrogen-bond donors (Lipinski definition) is 0. The number of anilines is 2. The molecule has 8 aromatic rings. The second-order valence-electron chi connectivity index (χ2n) is 18.1. The van der Waals surface area contributed by atoms with Crippen molar-refractivity contribution in [2.75, 3.05) is 64.2 Å². The number of rotatable bonds is 11. The largest absolute Gasteiger partial charge is 0.495 e. The number of methoxy groups -OCH3 is 1. The van der Waals surface area contributed by atoms with Crippen LogP contribution in [0.1, 0.15) is 25.7 Å². The minimum Gasteiger partial charge on any atom is -0.495 e. The van der Waals surface area contributed by atoms with Crippen molar-refractivity contribution in [2.24, 2.45) is 0 Å². The molecule has 0 radical (unpaired) electrons. The minimum absolute atomic E-state index is 0.00140. The molecule has 11 rings (SSSR count). The Bertz CT molecular complexity index is 3160. The van der Waals surface area contributed by atoms with E-state index in [4.69, 9.17) is 36.3 Å². The molecular weight excluding hydrogens is 898 g/mol. The molecule has 15 nitrogen and oxygen atoms in total. The summed E-state index contributed by atoms with van der Waals surface area (Å²) in [5, 5.41) is 9.26. The van der Waals surface area contributed by atoms with Crippen molar-refractivity contribution in [1.29, 1.82) is 0 Å². The Balaban J connectivity index is 0.840. The van der Waals surface area contributed by atoms with Gasteiger partial charge in [-0.1, -0.05) is 23.7 Å². The lowest BCUT2D eigenvalue weighted by molar-refractivity contribution is 0.212. The van der Waals surface area contributed by atoms with E-state index in [1.165, 1.54) is 38.2 Å². The molecule has 2 aromatic carbocycles. The Morgan fingerprint density at radius 3 is 1.84 bits per heavy atom. The van der Waals surface area contributed by atoms with Crippen molar-refractivity contribution in [3.05, 3.63) is 127 Å². The third-order valence-corrected chi connectivity index (χ3v) is 14.0. The number of pyridine rings is 2. The molecule has 3 aliphatic rings. The van der Waals surface area contributed by atoms with E-state index in [0.29, 0.717) is 63.4 Å². The van der Waals surface area contributed by atoms with Crippen molar-refractivity contribution in [2.45, 2.75) is 43.8 Å². The quantitative estimate of drug-likeness (QED) is 0.123. The molecule has 6 aromatic heterocycles. The summed E-state index contributed by atoms with van der Waals surface area (Å²) in [6.07, 6.45) is 14.8. The Morgan fingerprint density at radius 1 is 0.652 bits per heavy atom. The molecule has 3 fully saturated rings. The summed E-state index contributed by atoms with van der Waals surface area (Å²) in [6, 6.07) is 22.5. The lowest BCUT2D eigenvalue weighted by Gasteiger charge is -2.39. The highest BCUT2D eigenvalue weighted by Crippen LogP contribution is 2.43. The van der Waals surface area contributed by atoms with Gasteiger partial charge in [-0.3, -0.25) is 4.90 Å². The number of benzene rings is 2. The van der Waals surface area contributed by atoms with E-state index in [1.54, 1.807) is 52.4 Å². The van der Waals surface area contributed by atoms with Crippen LogP contribution in [0.5, 0.6) is 5.75 Å². The van der Waals surface area contributed by atoms with Crippen molar-refractivity contribution < 1.29 is 13.5 Å². The topological polar surface area (TPSA) is 135 Å². The van der Waals surface area contributed by atoms with Gasteiger partial charge in [-0.15, -0.1) is 0 Å². The molecule has 2 bridgehead atoms. The SMILES string of the molecule is COc1c(-c2cc(F)c(-c3nccc(-c4cnn(-c5cccc(N6CC7CCC(C6)N7C)n5)c4)n3)c(Cl)c2)ccc(F)c1-c1nccc(-c2cnn(-c3cccc(N4CCCC(N(C)C)C4)n3)c2)n1. The van der Waals surface area contributed by atoms with Gasteiger partial charge >= 0.3 is 0 Å². The number of aromatic nitrogens is 10. The van der Waals surface area contributed by atoms with Crippen LogP contribution >= 0.6 is 11.6 Å². The Labute approximate surface area is 403 Å². The van der Waals surface area contributed by atoms with Crippen molar-refractivity contribution in [3.63, 3.8) is 0 Å². The molecule has 0 saturated carbocycles. The molecule has 9 heterocycles. The van der Waals surface area contributed by atoms with E-state index in [1.807, 2.05) is 48.8 Å². The standard InChI is InChI=1S/C51H49ClF2N14O/c1-63(2)34-8-7-21-65(28-34)43-9-5-11-45(61-43)67-27-33(25-57-67)42-18-20-56-51(60-42)48-39(53)16-15-37(49(48)69-4)31-22-38(52)47(40(54)23-31)50-55-19-17-41(59-50)32-24-58-68(26-32)46-12-6-10-44(62-46)66-29-35-13-14-36(30-66)64(35)3/h5-6,9-12,15-20,22-27,34-36H,7-8,13-14,21,28-30H2,1-4H3. The average molecular weight is 947 g/mol. The van der Waals surface area contributed by atoms with Crippen LogP contribution in [0.3, 0.4) is 0 Å². The Kier molecular flexibility index (Phi) is 11.8. The van der Waals surface area contributed by atoms with Gasteiger partial charge in [0.1, 0.15) is 29.0 Å². The number of piperazine rings is 1. The summed E-state index contributed by atoms with van der Waals surface area (Å²) in [6.45, 7) is 3.73. The van der Waals surface area contributed by atoms with Crippen LogP contribution in [-0.4, -0.2) is 132 Å². The van der Waals surface area contributed by atoms with E-state index in [2.05, 4.69) is 60.9 Å². The van der Waals surface area contributed by atoms with E-state index in [9.17, 15) is 0 Å². The fourth-order valence-corrected chi connectivity index (χ4v) is 10.2. The zero-order valence-electron chi connectivity index (χ0n) is 38.6. The first-order chi connectivity index (χ1) is 33.6. The molecular formula is C51H49ClF2N14O. The minimum atomic E-state index is -0.680. The molecule has 18 heteroatoms. The van der Waals surface area contributed by atoms with Gasteiger partial charge in [0.25, 0.3) is 0 Å². The fraction of sp³-hybridized carbons (Fsp3) is 0.294. The molecule has 350 valence electrons. The summed E-state index contributed by atoms with van der Waals surface area (Å²) in [7, 11) is 7.86. The second-order valence-corrected chi connectivity index (χ2v) is 18.5. The van der Waals surface area contributed by atoms with Gasteiger partial charge in [0.15, 0.2) is 23.3 Å². The zero-order valence-corrected chi connectivity index (χ0v) is 39.3. The van der Waals surface area contributed by atoms with Crippen molar-refractivity contribution in [1.82, 2.24) is 59.3 Å². The first-order valence-corrected chi connectivity index (χ1v) is 23.4. The van der Waals surface area contributed by atoms with Crippen LogP contribution in [0, 0.1) is 11.6 Å². The molecule has 3 aliphatic heterocycles. The molecule has 3 saturated heterocycles. The van der Waals surface area contributed by atoms with Crippen molar-refractivity contribution in [3.8, 4) is 73.8 Å². The highest BCUT2D eigenvalue weighted by molar-refractivity contribution is 6.33. The lowest BCUT2D eigenvalue weighted by atomic mass is 9.98. The van der Waals surface area contributed by atoms with E-state index >= 15 is 8.78 Å². The number of fused-ring (bicyclic) bond motifs is 2. The molecule has 3 atom stereocenters. The van der Waals surface area contributed by atoms with Crippen LogP contribution in [0.4, 0.5) is 20.4 Å². The smallest absolute Gasteiger partial charge is 0.166 e. The first kappa shape index (κ1) is 44.3. The Hall–Kier alpha value is -7.21. The lowest BCUT2D eigenvalue weighted by Crippen LogP contribution is -2.52. The third kappa shape index (κ3) is 8.55. The fourth-order valence-electron chi connectivity index (χ4n) is 9.91.